The van der Waals surface area contributed by atoms with E-state index in [2.05, 4.69) is 36.8 Å². The van der Waals surface area contributed by atoms with E-state index in [0.29, 0.717) is 23.1 Å². The second kappa shape index (κ2) is 8.10. The van der Waals surface area contributed by atoms with Crippen molar-refractivity contribution >= 4 is 59.4 Å². The number of aliphatic hydroxyl groups excluding tert-OH is 1. The minimum Gasteiger partial charge on any atom is -0.390 e. The maximum absolute atomic E-state index is 11.8. The van der Waals surface area contributed by atoms with Gasteiger partial charge in [0.25, 0.3) is 5.69 Å². The summed E-state index contributed by atoms with van der Waals surface area (Å²) in [4.78, 5) is 13.7. The summed E-state index contributed by atoms with van der Waals surface area (Å²) in [6.07, 6.45) is 2.98. The molecule has 0 aliphatic carbocycles. The lowest BCUT2D eigenvalue weighted by atomic mass is 10.1. The number of rotatable bonds is 5. The maximum atomic E-state index is 11.8. The Labute approximate surface area is 179 Å². The largest absolute Gasteiger partial charge is 0.390 e. The fourth-order valence-corrected chi connectivity index (χ4v) is 5.00. The Morgan fingerprint density at radius 2 is 1.75 bits per heavy atom. The minimum atomic E-state index is -0.594. The monoisotopic (exact) mass is 509 g/mol. The summed E-state index contributed by atoms with van der Waals surface area (Å²) in [5.41, 5.74) is 1.48. The van der Waals surface area contributed by atoms with Crippen LogP contribution in [0.3, 0.4) is 0 Å². The van der Waals surface area contributed by atoms with E-state index in [9.17, 15) is 15.2 Å². The first kappa shape index (κ1) is 19.8. The number of hydrogen-bond donors (Lipinski definition) is 1. The van der Waals surface area contributed by atoms with Crippen LogP contribution in [0, 0.1) is 10.1 Å². The normalized spacial score (nSPS) is 16.7. The first-order chi connectivity index (χ1) is 13.4. The fourth-order valence-electron chi connectivity index (χ4n) is 4.19. The molecule has 0 unspecified atom stereocenters. The molecule has 0 radical (unpaired) electrons. The van der Waals surface area contributed by atoms with E-state index in [1.54, 1.807) is 0 Å². The predicted octanol–water partition coefficient (Wildman–Crippen LogP) is 5.07. The van der Waals surface area contributed by atoms with Crippen molar-refractivity contribution in [1.82, 2.24) is 9.47 Å². The fraction of sp³-hybridized carbons (Fsp3) is 0.400. The number of fused-ring (bicyclic) bond motifs is 3. The van der Waals surface area contributed by atoms with E-state index in [4.69, 9.17) is 0 Å². The molecule has 2 heterocycles. The molecule has 0 bridgehead atoms. The molecule has 1 fully saturated rings. The summed E-state index contributed by atoms with van der Waals surface area (Å²) in [5.74, 6) is 0. The van der Waals surface area contributed by atoms with Crippen LogP contribution in [0.5, 0.6) is 0 Å². The number of aromatic nitrogens is 1. The second-order valence-electron chi connectivity index (χ2n) is 7.37. The summed E-state index contributed by atoms with van der Waals surface area (Å²) < 4.78 is 3.48. The number of likely N-dealkylation sites (tertiary alicyclic amines) is 1. The standard InChI is InChI=1S/C20H21Br2N3O3/c21-13-4-5-18-16(8-13)17-9-14(22)10-19(25(27)28)20(17)24(18)12-15(26)11-23-6-2-1-3-7-23/h4-5,8-10,15,26H,1-3,6-7,11-12H2/t15-/m0/s1. The summed E-state index contributed by atoms with van der Waals surface area (Å²) >= 11 is 6.90. The average molecular weight is 511 g/mol. The summed E-state index contributed by atoms with van der Waals surface area (Å²) in [7, 11) is 0. The Bertz CT molecular complexity index is 1040. The predicted molar refractivity (Wildman–Crippen MR) is 118 cm³/mol. The molecule has 3 aromatic rings. The molecule has 148 valence electrons. The van der Waals surface area contributed by atoms with Crippen LogP contribution in [0.2, 0.25) is 0 Å². The first-order valence-electron chi connectivity index (χ1n) is 9.40. The van der Waals surface area contributed by atoms with Crippen molar-refractivity contribution in [3.8, 4) is 0 Å². The zero-order chi connectivity index (χ0) is 19.8. The van der Waals surface area contributed by atoms with Gasteiger partial charge in [0, 0.05) is 37.8 Å². The number of non-ortho nitro benzene ring substituents is 1. The number of aliphatic hydroxyl groups is 1. The van der Waals surface area contributed by atoms with Crippen LogP contribution >= 0.6 is 31.9 Å². The van der Waals surface area contributed by atoms with E-state index in [0.717, 1.165) is 46.7 Å². The molecule has 1 aromatic heterocycles. The van der Waals surface area contributed by atoms with Gasteiger partial charge in [-0.3, -0.25) is 10.1 Å². The molecule has 8 heteroatoms. The SMILES string of the molecule is O=[N+]([O-])c1cc(Br)cc2c3cc(Br)ccc3n(C[C@@H](O)CN3CCCCC3)c12. The highest BCUT2D eigenvalue weighted by Crippen LogP contribution is 2.38. The highest BCUT2D eigenvalue weighted by atomic mass is 79.9. The summed E-state index contributed by atoms with van der Waals surface area (Å²) in [6, 6.07) is 9.29. The topological polar surface area (TPSA) is 71.5 Å². The van der Waals surface area contributed by atoms with Crippen LogP contribution in [0.4, 0.5) is 5.69 Å². The van der Waals surface area contributed by atoms with Gasteiger partial charge in [-0.2, -0.15) is 0 Å². The van der Waals surface area contributed by atoms with Crippen LogP contribution in [-0.2, 0) is 6.54 Å². The van der Waals surface area contributed by atoms with E-state index in [1.807, 2.05) is 28.8 Å². The van der Waals surface area contributed by atoms with Gasteiger partial charge in [0.2, 0.25) is 0 Å². The molecular weight excluding hydrogens is 490 g/mol. The third-order valence-corrected chi connectivity index (χ3v) is 6.32. The highest BCUT2D eigenvalue weighted by Gasteiger charge is 2.24. The molecule has 0 amide bonds. The van der Waals surface area contributed by atoms with Gasteiger partial charge in [-0.1, -0.05) is 38.3 Å². The molecule has 0 spiro atoms. The second-order valence-corrected chi connectivity index (χ2v) is 9.20. The minimum absolute atomic E-state index is 0.0434. The molecule has 2 aromatic carbocycles. The highest BCUT2D eigenvalue weighted by molar-refractivity contribution is 9.10. The molecule has 6 nitrogen and oxygen atoms in total. The van der Waals surface area contributed by atoms with E-state index in [-0.39, 0.29) is 10.6 Å². The van der Waals surface area contributed by atoms with Crippen molar-refractivity contribution < 1.29 is 10.0 Å². The molecule has 0 saturated carbocycles. The molecule has 28 heavy (non-hydrogen) atoms. The molecule has 1 atom stereocenters. The summed E-state index contributed by atoms with van der Waals surface area (Å²) in [5, 5.41) is 24.3. The molecule has 1 N–H and O–H groups in total. The number of halogens is 2. The van der Waals surface area contributed by atoms with Crippen molar-refractivity contribution in [3.63, 3.8) is 0 Å². The first-order valence-corrected chi connectivity index (χ1v) is 11.0. The van der Waals surface area contributed by atoms with Crippen LogP contribution < -0.4 is 0 Å². The van der Waals surface area contributed by atoms with Gasteiger partial charge in [-0.25, -0.2) is 0 Å². The molecule has 4 rings (SSSR count). The Balaban J connectivity index is 1.82. The quantitative estimate of drug-likeness (QED) is 0.384. The van der Waals surface area contributed by atoms with Crippen LogP contribution in [0.1, 0.15) is 19.3 Å². The van der Waals surface area contributed by atoms with E-state index in [1.165, 1.54) is 12.5 Å². The van der Waals surface area contributed by atoms with Gasteiger partial charge in [0.1, 0.15) is 5.52 Å². The number of benzene rings is 2. The number of nitro benzene ring substituents is 1. The number of hydrogen-bond acceptors (Lipinski definition) is 4. The van der Waals surface area contributed by atoms with Crippen LogP contribution in [0.25, 0.3) is 21.8 Å². The van der Waals surface area contributed by atoms with Crippen LogP contribution in [-0.4, -0.2) is 45.2 Å². The van der Waals surface area contributed by atoms with Gasteiger partial charge >= 0.3 is 0 Å². The van der Waals surface area contributed by atoms with Gasteiger partial charge in [0.05, 0.1) is 17.6 Å². The number of β-amino-alcohol motifs (C(OH)–C–C–N with tert-alkyl or cyclic N) is 1. The number of nitrogens with zero attached hydrogens (tertiary/aromatic N) is 3. The maximum Gasteiger partial charge on any atom is 0.294 e. The van der Waals surface area contributed by atoms with Crippen molar-refractivity contribution in [2.45, 2.75) is 31.9 Å². The Hall–Kier alpha value is -1.48. The third-order valence-electron chi connectivity index (χ3n) is 5.37. The zero-order valence-electron chi connectivity index (χ0n) is 15.3. The summed E-state index contributed by atoms with van der Waals surface area (Å²) in [6.45, 7) is 2.91. The Morgan fingerprint density at radius 1 is 1.04 bits per heavy atom. The molecule has 1 aliphatic rings. The van der Waals surface area contributed by atoms with Gasteiger partial charge in [-0.05, 0) is 50.2 Å². The van der Waals surface area contributed by atoms with Crippen molar-refractivity contribution in [2.75, 3.05) is 19.6 Å². The van der Waals surface area contributed by atoms with Crippen LogP contribution in [0.15, 0.2) is 39.3 Å². The Morgan fingerprint density at radius 3 is 2.46 bits per heavy atom. The van der Waals surface area contributed by atoms with Crippen molar-refractivity contribution in [2.24, 2.45) is 0 Å². The number of nitro groups is 1. The lowest BCUT2D eigenvalue weighted by Gasteiger charge is -2.28. The molecule has 1 saturated heterocycles. The van der Waals surface area contributed by atoms with E-state index < -0.39 is 6.10 Å². The lowest BCUT2D eigenvalue weighted by molar-refractivity contribution is -0.383. The van der Waals surface area contributed by atoms with Gasteiger partial charge in [0.15, 0.2) is 0 Å². The van der Waals surface area contributed by atoms with Gasteiger partial charge < -0.3 is 14.6 Å². The number of piperidine rings is 1. The van der Waals surface area contributed by atoms with Gasteiger partial charge in [-0.15, -0.1) is 0 Å². The molecule has 1 aliphatic heterocycles. The van der Waals surface area contributed by atoms with Crippen molar-refractivity contribution in [1.29, 1.82) is 0 Å². The third kappa shape index (κ3) is 3.83. The van der Waals surface area contributed by atoms with Crippen molar-refractivity contribution in [3.05, 3.63) is 49.4 Å². The average Bonchev–Trinajstić information content (AvgIpc) is 2.94. The van der Waals surface area contributed by atoms with E-state index >= 15 is 0 Å². The molecular formula is C20H21Br2N3O3. The zero-order valence-corrected chi connectivity index (χ0v) is 18.4. The lowest BCUT2D eigenvalue weighted by Crippen LogP contribution is -2.38. The Kier molecular flexibility index (Phi) is 5.73. The smallest absolute Gasteiger partial charge is 0.294 e.